The molecule has 0 aliphatic carbocycles. The van der Waals surface area contributed by atoms with Crippen molar-refractivity contribution in [3.8, 4) is 0 Å². The molecule has 2 N–H and O–H groups in total. The van der Waals surface area contributed by atoms with E-state index in [9.17, 15) is 4.79 Å². The first kappa shape index (κ1) is 10.2. The summed E-state index contributed by atoms with van der Waals surface area (Å²) in [4.78, 5) is 13.6. The number of aromatic nitrogens is 1. The number of amides is 1. The van der Waals surface area contributed by atoms with Crippen LogP contribution in [-0.4, -0.2) is 35.1 Å². The zero-order chi connectivity index (χ0) is 10.8. The summed E-state index contributed by atoms with van der Waals surface area (Å²) in [5.74, 6) is 0.617. The lowest BCUT2D eigenvalue weighted by Gasteiger charge is -2.34. The van der Waals surface area contributed by atoms with Gasteiger partial charge in [0.1, 0.15) is 0 Å². The molecule has 0 spiro atoms. The van der Waals surface area contributed by atoms with Gasteiger partial charge in [-0.1, -0.05) is 12.1 Å². The quantitative estimate of drug-likeness (QED) is 0.730. The van der Waals surface area contributed by atoms with Crippen LogP contribution in [0.2, 0.25) is 0 Å². The summed E-state index contributed by atoms with van der Waals surface area (Å²) in [5.41, 5.74) is 5.87. The van der Waals surface area contributed by atoms with Crippen LogP contribution in [0.1, 0.15) is 23.9 Å². The topological polar surface area (TPSA) is 72.4 Å². The van der Waals surface area contributed by atoms with E-state index in [2.05, 4.69) is 12.1 Å². The zero-order valence-corrected chi connectivity index (χ0v) is 8.72. The Morgan fingerprint density at radius 3 is 3.07 bits per heavy atom. The van der Waals surface area contributed by atoms with Crippen molar-refractivity contribution >= 4 is 5.91 Å². The number of likely N-dealkylation sites (tertiary alicyclic amines) is 1. The van der Waals surface area contributed by atoms with Crippen LogP contribution in [0.3, 0.4) is 0 Å². The number of carbonyl (C=O) groups is 1. The van der Waals surface area contributed by atoms with Crippen molar-refractivity contribution in [3.05, 3.63) is 18.0 Å². The van der Waals surface area contributed by atoms with Gasteiger partial charge in [-0.25, -0.2) is 0 Å². The largest absolute Gasteiger partial charge is 0.351 e. The Kier molecular flexibility index (Phi) is 2.73. The molecule has 1 fully saturated rings. The highest BCUT2D eigenvalue weighted by atomic mass is 16.5. The minimum Gasteiger partial charge on any atom is -0.351 e. The second kappa shape index (κ2) is 4.02. The highest BCUT2D eigenvalue weighted by molar-refractivity contribution is 5.91. The molecule has 1 amide bonds. The van der Waals surface area contributed by atoms with Crippen molar-refractivity contribution < 1.29 is 9.32 Å². The molecule has 5 nitrogen and oxygen atoms in total. The van der Waals surface area contributed by atoms with Crippen LogP contribution in [0.5, 0.6) is 0 Å². The van der Waals surface area contributed by atoms with Crippen LogP contribution in [-0.2, 0) is 0 Å². The summed E-state index contributed by atoms with van der Waals surface area (Å²) in [6.45, 7) is 3.44. The minimum absolute atomic E-state index is 0.0700. The molecule has 0 saturated carbocycles. The van der Waals surface area contributed by atoms with Crippen LogP contribution in [0, 0.1) is 5.92 Å². The van der Waals surface area contributed by atoms with Crippen molar-refractivity contribution in [2.45, 2.75) is 19.4 Å². The van der Waals surface area contributed by atoms with Crippen molar-refractivity contribution in [3.63, 3.8) is 0 Å². The molecule has 2 atom stereocenters. The normalized spacial score (nSPS) is 26.7. The first-order valence-electron chi connectivity index (χ1n) is 5.12. The van der Waals surface area contributed by atoms with Crippen molar-refractivity contribution in [1.29, 1.82) is 0 Å². The number of nitrogens with zero attached hydrogens (tertiary/aromatic N) is 2. The molecular formula is C10H15N3O2. The van der Waals surface area contributed by atoms with Gasteiger partial charge in [0.15, 0.2) is 0 Å². The van der Waals surface area contributed by atoms with Gasteiger partial charge in [0.05, 0.1) is 6.20 Å². The molecular weight excluding hydrogens is 194 g/mol. The van der Waals surface area contributed by atoms with Crippen molar-refractivity contribution in [1.82, 2.24) is 10.1 Å². The summed E-state index contributed by atoms with van der Waals surface area (Å²) < 4.78 is 4.84. The van der Waals surface area contributed by atoms with Gasteiger partial charge in [-0.05, 0) is 12.3 Å². The Labute approximate surface area is 88.2 Å². The number of hydrogen-bond acceptors (Lipinski definition) is 4. The molecule has 1 aliphatic heterocycles. The highest BCUT2D eigenvalue weighted by Crippen LogP contribution is 2.17. The molecule has 0 aromatic carbocycles. The van der Waals surface area contributed by atoms with Crippen LogP contribution in [0.25, 0.3) is 0 Å². The Hall–Kier alpha value is -1.36. The van der Waals surface area contributed by atoms with Crippen LogP contribution >= 0.6 is 0 Å². The molecule has 1 saturated heterocycles. The van der Waals surface area contributed by atoms with E-state index in [0.29, 0.717) is 12.5 Å². The van der Waals surface area contributed by atoms with Gasteiger partial charge < -0.3 is 15.2 Å². The average Bonchev–Trinajstić information content (AvgIpc) is 2.67. The van der Waals surface area contributed by atoms with Crippen molar-refractivity contribution in [2.75, 3.05) is 13.1 Å². The summed E-state index contributed by atoms with van der Waals surface area (Å²) in [7, 11) is 0. The highest BCUT2D eigenvalue weighted by Gasteiger charge is 2.27. The van der Waals surface area contributed by atoms with Gasteiger partial charge in [-0.15, -0.1) is 0 Å². The van der Waals surface area contributed by atoms with Crippen LogP contribution in [0.4, 0.5) is 0 Å². The van der Waals surface area contributed by atoms with E-state index in [-0.39, 0.29) is 17.7 Å². The predicted molar refractivity (Wildman–Crippen MR) is 54.2 cm³/mol. The van der Waals surface area contributed by atoms with E-state index in [1.807, 2.05) is 0 Å². The Morgan fingerprint density at radius 1 is 1.67 bits per heavy atom. The smallest absolute Gasteiger partial charge is 0.292 e. The molecule has 15 heavy (non-hydrogen) atoms. The van der Waals surface area contributed by atoms with E-state index < -0.39 is 0 Å². The fourth-order valence-electron chi connectivity index (χ4n) is 2.05. The maximum absolute atomic E-state index is 11.9. The molecule has 0 radical (unpaired) electrons. The molecule has 1 aliphatic rings. The first-order chi connectivity index (χ1) is 7.16. The average molecular weight is 209 g/mol. The number of nitrogens with two attached hydrogens (primary N) is 1. The molecule has 2 unspecified atom stereocenters. The first-order valence-corrected chi connectivity index (χ1v) is 5.12. The molecule has 2 heterocycles. The molecule has 5 heteroatoms. The number of piperidine rings is 1. The Bertz CT molecular complexity index is 326. The molecule has 1 aromatic heterocycles. The van der Waals surface area contributed by atoms with Crippen LogP contribution < -0.4 is 5.73 Å². The standard InChI is InChI=1S/C10H15N3O2/c1-7-4-8(11)6-13(5-7)10(14)9-2-3-12-15-9/h2-3,7-8H,4-6,11H2,1H3. The van der Waals surface area contributed by atoms with Crippen molar-refractivity contribution in [2.24, 2.45) is 11.7 Å². The maximum Gasteiger partial charge on any atom is 0.292 e. The third-order valence-electron chi connectivity index (χ3n) is 2.63. The van der Waals surface area contributed by atoms with Crippen LogP contribution in [0.15, 0.2) is 16.8 Å². The molecule has 82 valence electrons. The fraction of sp³-hybridized carbons (Fsp3) is 0.600. The molecule has 2 rings (SSSR count). The second-order valence-corrected chi connectivity index (χ2v) is 4.19. The van der Waals surface area contributed by atoms with E-state index in [1.54, 1.807) is 11.0 Å². The number of carbonyl (C=O) groups excluding carboxylic acids is 1. The predicted octanol–water partition coefficient (Wildman–Crippen LogP) is 0.484. The molecule has 1 aromatic rings. The fourth-order valence-corrected chi connectivity index (χ4v) is 2.05. The minimum atomic E-state index is -0.116. The van der Waals surface area contributed by atoms with Gasteiger partial charge in [0.2, 0.25) is 5.76 Å². The summed E-state index contributed by atoms with van der Waals surface area (Å²) in [5, 5.41) is 3.52. The summed E-state index contributed by atoms with van der Waals surface area (Å²) in [6, 6.07) is 1.65. The second-order valence-electron chi connectivity index (χ2n) is 4.19. The van der Waals surface area contributed by atoms with Gasteiger partial charge >= 0.3 is 0 Å². The lowest BCUT2D eigenvalue weighted by atomic mass is 9.96. The Balaban J connectivity index is 2.07. The Morgan fingerprint density at radius 2 is 2.47 bits per heavy atom. The van der Waals surface area contributed by atoms with Gasteiger partial charge in [-0.2, -0.15) is 0 Å². The lowest BCUT2D eigenvalue weighted by molar-refractivity contribution is 0.0619. The maximum atomic E-state index is 11.9. The van der Waals surface area contributed by atoms with E-state index >= 15 is 0 Å². The van der Waals surface area contributed by atoms with E-state index in [1.165, 1.54) is 6.20 Å². The van der Waals surface area contributed by atoms with Gasteiger partial charge in [-0.3, -0.25) is 4.79 Å². The van der Waals surface area contributed by atoms with E-state index in [4.69, 9.17) is 10.3 Å². The number of hydrogen-bond donors (Lipinski definition) is 1. The number of rotatable bonds is 1. The third-order valence-corrected chi connectivity index (χ3v) is 2.63. The lowest BCUT2D eigenvalue weighted by Crippen LogP contribution is -2.48. The summed E-state index contributed by atoms with van der Waals surface area (Å²) >= 11 is 0. The monoisotopic (exact) mass is 209 g/mol. The molecule has 0 bridgehead atoms. The SMILES string of the molecule is CC1CC(N)CN(C(=O)c2ccno2)C1. The zero-order valence-electron chi connectivity index (χ0n) is 8.72. The third kappa shape index (κ3) is 2.18. The summed E-state index contributed by atoms with van der Waals surface area (Å²) in [6.07, 6.45) is 2.45. The van der Waals surface area contributed by atoms with Gasteiger partial charge in [0.25, 0.3) is 5.91 Å². The van der Waals surface area contributed by atoms with E-state index in [0.717, 1.165) is 13.0 Å². The van der Waals surface area contributed by atoms with Gasteiger partial charge in [0, 0.05) is 25.2 Å².